The number of carbonyl (C=O) groups excluding carboxylic acids is 16. The molecule has 16 N–H and O–H groups in total. The van der Waals surface area contributed by atoms with Crippen LogP contribution < -0.4 is 65.5 Å². The molecular weight excluding hydrogens is 1880 g/mol. The van der Waals surface area contributed by atoms with Crippen molar-refractivity contribution in [3.8, 4) is 32.3 Å². The van der Waals surface area contributed by atoms with Crippen molar-refractivity contribution in [1.29, 1.82) is 0 Å². The first-order valence-electron chi connectivity index (χ1n) is 48.6. The summed E-state index contributed by atoms with van der Waals surface area (Å²) in [5.74, 6) is -12.4. The Bertz CT molecular complexity index is 6150. The molecule has 6 fully saturated rings. The summed E-state index contributed by atoms with van der Waals surface area (Å²) in [7, 11) is 0. The maximum Gasteiger partial charge on any atom is 0.243 e. The summed E-state index contributed by atoms with van der Waals surface area (Å²) in [6.07, 6.45) is 17.8. The van der Waals surface area contributed by atoms with E-state index in [0.29, 0.717) is 62.8 Å². The topological polar surface area (TPSA) is 541 Å². The van der Waals surface area contributed by atoms with Crippen LogP contribution in [0.2, 0.25) is 0 Å². The number of allylic oxidation sites excluding steroid dienone is 4. The SMILES string of the molecule is NC(=O)C[C@@H]1NC(=O)CCC(=O)NCCCC[C@@H](C(N)=O)NC(=O)[C@H](Cc2csc3ccccc23)NC(=O)[C@@H]2C[C@H](n3cc(-c4ccc(-c5cccs5)cc4)nn3)CN2C(=O)[C@H](C2CCCCC2)CC1=O.NC(=O)C[C@@H]1NC(=O)CCC(=O)NCCCC[C@@H](C(N)=O)NC(=O)[C@H](Cc2csc3ccccc23)NC(=O)[C@@H]2C[C@H](n3cc(-c4ccc(C5=CC=CC5)s4)nn3)CN2C(=O)[C@H](C2CCCCC2)CC1=O. The number of aromatic nitrogens is 6. The highest BCUT2D eigenvalue weighted by Crippen LogP contribution is 2.42. The van der Waals surface area contributed by atoms with Crippen LogP contribution in [-0.2, 0) is 89.6 Å². The number of benzene rings is 3. The molecule has 0 bridgehead atoms. The van der Waals surface area contributed by atoms with E-state index < -0.39 is 179 Å². The van der Waals surface area contributed by atoms with Crippen LogP contribution in [0.3, 0.4) is 0 Å². The molecule has 2 saturated carbocycles. The van der Waals surface area contributed by atoms with E-state index in [1.165, 1.54) is 38.0 Å². The fourth-order valence-corrected chi connectivity index (χ4v) is 23.8. The second-order valence-corrected chi connectivity index (χ2v) is 41.5. The van der Waals surface area contributed by atoms with Gasteiger partial charge in [0.05, 0.1) is 54.3 Å². The minimum absolute atomic E-state index is 0.00768. The molecule has 3 aliphatic carbocycles. The van der Waals surface area contributed by atoms with Crippen molar-refractivity contribution in [1.82, 2.24) is 82.3 Å². The molecule has 12 atom stereocenters. The Balaban J connectivity index is 0.000000213. The van der Waals surface area contributed by atoms with Crippen molar-refractivity contribution < 1.29 is 76.7 Å². The van der Waals surface area contributed by atoms with Gasteiger partial charge in [0.25, 0.3) is 0 Å². The maximum atomic E-state index is 15.4. The molecule has 0 unspecified atom stereocenters. The van der Waals surface area contributed by atoms with Crippen LogP contribution in [0.1, 0.15) is 201 Å². The van der Waals surface area contributed by atoms with Crippen LogP contribution in [0.4, 0.5) is 0 Å². The third kappa shape index (κ3) is 26.7. The largest absolute Gasteiger partial charge is 0.370 e. The van der Waals surface area contributed by atoms with Gasteiger partial charge in [-0.05, 0) is 162 Å². The van der Waals surface area contributed by atoms with E-state index >= 15 is 19.2 Å². The minimum atomic E-state index is -1.35. The van der Waals surface area contributed by atoms with Gasteiger partial charge in [0, 0.05) is 127 Å². The Labute approximate surface area is 830 Å². The number of Topliss-reactive ketones (excluding diaryl/α,β-unsaturated/α-hetero) is 2. The highest BCUT2D eigenvalue weighted by Gasteiger charge is 2.50. The average Bonchev–Trinajstić information content (AvgIpc) is 1.63. The molecule has 16 rings (SSSR count). The van der Waals surface area contributed by atoms with Crippen LogP contribution in [0.15, 0.2) is 144 Å². The van der Waals surface area contributed by atoms with Crippen LogP contribution in [0.5, 0.6) is 0 Å². The molecule has 6 aromatic heterocycles. The number of rotatable bonds is 18. The number of amides is 14. The predicted octanol–water partition coefficient (Wildman–Crippen LogP) is 8.32. The number of fused-ring (bicyclic) bond motifs is 4. The normalized spacial score (nSPS) is 24.7. The Morgan fingerprint density at radius 2 is 0.872 bits per heavy atom. The van der Waals surface area contributed by atoms with Crippen molar-refractivity contribution in [2.75, 3.05) is 26.2 Å². The molecule has 40 heteroatoms. The lowest BCUT2D eigenvalue weighted by Crippen LogP contribution is -2.57. The molecule has 9 aromatic rings. The van der Waals surface area contributed by atoms with E-state index in [2.05, 4.69) is 75.3 Å². The summed E-state index contributed by atoms with van der Waals surface area (Å²) < 4.78 is 5.26. The molecule has 4 aliphatic heterocycles. The Morgan fingerprint density at radius 1 is 0.426 bits per heavy atom. The first-order chi connectivity index (χ1) is 68.1. The molecular formula is C101H120N20O16S4. The highest BCUT2D eigenvalue weighted by molar-refractivity contribution is 7.18. The number of primary amides is 4. The summed E-state index contributed by atoms with van der Waals surface area (Å²) in [5, 5.41) is 47.9. The van der Waals surface area contributed by atoms with E-state index in [1.54, 1.807) is 44.4 Å². The molecule has 10 heterocycles. The van der Waals surface area contributed by atoms with Crippen molar-refractivity contribution in [3.05, 3.63) is 160 Å². The molecule has 4 saturated heterocycles. The van der Waals surface area contributed by atoms with Crippen molar-refractivity contribution in [2.45, 2.75) is 247 Å². The van der Waals surface area contributed by atoms with Gasteiger partial charge in [0.15, 0.2) is 11.6 Å². The van der Waals surface area contributed by atoms with E-state index in [1.807, 2.05) is 119 Å². The summed E-state index contributed by atoms with van der Waals surface area (Å²) in [6, 6.07) is 20.7. The molecule has 141 heavy (non-hydrogen) atoms. The number of carbonyl (C=O) groups is 16. The van der Waals surface area contributed by atoms with E-state index in [0.717, 1.165) is 102 Å². The Kier molecular flexibility index (Phi) is 34.9. The monoisotopic (exact) mass is 2000 g/mol. The Hall–Kier alpha value is -13.3. The lowest BCUT2D eigenvalue weighted by molar-refractivity contribution is -0.146. The van der Waals surface area contributed by atoms with E-state index in [4.69, 9.17) is 22.9 Å². The third-order valence-corrected chi connectivity index (χ3v) is 31.9. The lowest BCUT2D eigenvalue weighted by Gasteiger charge is -2.35. The quantitative estimate of drug-likeness (QED) is 0.0384. The fraction of sp³-hybridized carbons (Fsp3) is 0.465. The summed E-state index contributed by atoms with van der Waals surface area (Å²) in [6.45, 7) is 0.447. The molecule has 0 spiro atoms. The van der Waals surface area contributed by atoms with Gasteiger partial charge in [-0.3, -0.25) is 76.7 Å². The number of ketones is 2. The van der Waals surface area contributed by atoms with Gasteiger partial charge in [-0.25, -0.2) is 9.36 Å². The third-order valence-electron chi connectivity index (χ3n) is 27.8. The standard InChI is InChI=1S/C51H60N10O8S2.C50H60N10O8S2/c52-45(63)26-38-42(62)25-36(30-9-2-1-3-10-30)51(69)60-27-34(61-28-40(58-59-61)31-15-17-32(18-16-31)43-14-8-22-70-43)24-41(60)50(68)57-39(23-33-29-71-44-13-5-4-11-35(33)44)49(67)56-37(48(53)66)12-6-7-21-54-46(64)19-20-47(65)55-38;51-44(62)25-36-40(61)24-34(29-10-2-1-3-11-29)50(68)59-26-32(60-27-38(57-58-60)43-18-17-41(70-43)30-12-4-5-13-30)23-39(59)49(67)56-37(22-31-28-69-42-16-7-6-14-33(31)42)48(66)55-35(47(52)65)15-8-9-21-53-45(63)19-20-46(64)54-36/h4-5,8,11,13-18,22,28-30,34,36-39,41H,1-3,6-7,9-10,12,19-21,23-27H2,(H2,52,63)(H2,53,66)(H,54,64)(H,55,65)(H,56,67)(H,57,68);4-7,12,14,16-18,27-29,32,34-37,39H,1-3,8-11,13,15,19-26H2,(H2,51,62)(H2,52,65)(H,53,63)(H,54,64)(H,55,66)(H,56,67)/t34-,36-,37-,38-,39-,41-;32-,34-,35-,36-,37-,39-/m00/s1. The van der Waals surface area contributed by atoms with Crippen LogP contribution in [0, 0.1) is 23.7 Å². The highest BCUT2D eigenvalue weighted by atomic mass is 32.1. The zero-order valence-corrected chi connectivity index (χ0v) is 81.6. The number of nitrogens with one attached hydrogen (secondary N) is 8. The van der Waals surface area contributed by atoms with E-state index in [9.17, 15) is 57.5 Å². The molecule has 14 amide bonds. The van der Waals surface area contributed by atoms with Crippen molar-refractivity contribution >= 4 is 165 Å². The second-order valence-electron chi connectivity index (χ2n) is 37.6. The van der Waals surface area contributed by atoms with Crippen molar-refractivity contribution in [2.24, 2.45) is 46.6 Å². The number of hydrogen-bond acceptors (Lipinski definition) is 24. The first-order valence-corrected chi connectivity index (χ1v) is 52.1. The smallest absolute Gasteiger partial charge is 0.243 e. The van der Waals surface area contributed by atoms with Gasteiger partial charge >= 0.3 is 0 Å². The molecule has 36 nitrogen and oxygen atoms in total. The summed E-state index contributed by atoms with van der Waals surface area (Å²) in [4.78, 5) is 227. The number of hydrogen-bond donors (Lipinski definition) is 12. The van der Waals surface area contributed by atoms with Crippen LogP contribution >= 0.6 is 45.3 Å². The van der Waals surface area contributed by atoms with Gasteiger partial charge in [0.1, 0.15) is 47.6 Å². The van der Waals surface area contributed by atoms with E-state index in [-0.39, 0.29) is 115 Å². The van der Waals surface area contributed by atoms with Gasteiger partial charge in [-0.1, -0.05) is 134 Å². The van der Waals surface area contributed by atoms with Crippen LogP contribution in [-0.4, -0.2) is 209 Å². The van der Waals surface area contributed by atoms with Gasteiger partial charge in [-0.15, -0.1) is 55.5 Å². The predicted molar refractivity (Wildman–Crippen MR) is 532 cm³/mol. The van der Waals surface area contributed by atoms with Crippen LogP contribution in [0.25, 0.3) is 58.0 Å². The van der Waals surface area contributed by atoms with Gasteiger partial charge in [-0.2, -0.15) is 0 Å². The Morgan fingerprint density at radius 3 is 1.33 bits per heavy atom. The average molecular weight is 2000 g/mol. The molecule has 7 aliphatic rings. The molecule has 0 radical (unpaired) electrons. The lowest BCUT2D eigenvalue weighted by atomic mass is 9.76. The first kappa shape index (κ1) is 102. The second kappa shape index (κ2) is 48.2. The number of nitrogens with zero attached hydrogens (tertiary/aromatic N) is 8. The zero-order chi connectivity index (χ0) is 99.3. The number of nitrogens with two attached hydrogens (primary N) is 4. The molecule has 3 aromatic carbocycles. The van der Waals surface area contributed by atoms with Gasteiger partial charge < -0.3 is 75.3 Å². The maximum absolute atomic E-state index is 15.4. The van der Waals surface area contributed by atoms with Gasteiger partial charge in [0.2, 0.25) is 82.7 Å². The minimum Gasteiger partial charge on any atom is -0.370 e. The number of thiophene rings is 4. The fourth-order valence-electron chi connectivity index (χ4n) is 20.2. The summed E-state index contributed by atoms with van der Waals surface area (Å²) >= 11 is 6.21. The summed E-state index contributed by atoms with van der Waals surface area (Å²) in [5.41, 5.74) is 28.7. The molecule has 744 valence electrons. The van der Waals surface area contributed by atoms with Crippen molar-refractivity contribution in [3.63, 3.8) is 0 Å². The zero-order valence-electron chi connectivity index (χ0n) is 78.3.